The minimum Gasteiger partial charge on any atom is -0.0811 e. The van der Waals surface area contributed by atoms with Crippen molar-refractivity contribution in [3.05, 3.63) is 59.7 Å². The quantitative estimate of drug-likeness (QED) is 0.577. The van der Waals surface area contributed by atoms with Crippen molar-refractivity contribution in [3.63, 3.8) is 0 Å². The van der Waals surface area contributed by atoms with Crippen LogP contribution in [-0.4, -0.2) is 0 Å². The highest BCUT2D eigenvalue weighted by molar-refractivity contribution is 5.20. The summed E-state index contributed by atoms with van der Waals surface area (Å²) < 4.78 is 0. The number of aryl methyl sites for hydroxylation is 1. The van der Waals surface area contributed by atoms with E-state index in [1.54, 1.807) is 0 Å². The van der Waals surface area contributed by atoms with E-state index in [1.165, 1.54) is 17.6 Å². The lowest BCUT2D eigenvalue weighted by Crippen LogP contribution is -1.91. The molecule has 1 aromatic carbocycles. The lowest BCUT2D eigenvalue weighted by atomic mass is 10.00. The second-order valence-corrected chi connectivity index (χ2v) is 4.17. The molecule has 1 aliphatic carbocycles. The average molecular weight is 200 g/mol. The first-order valence-corrected chi connectivity index (χ1v) is 5.55. The first kappa shape index (κ1) is 11.8. The Balaban J connectivity index is 0.000000151. The molecule has 0 radical (unpaired) electrons. The molecule has 2 rings (SSSR count). The van der Waals surface area contributed by atoms with Gasteiger partial charge in [-0.15, -0.1) is 0 Å². The Kier molecular flexibility index (Phi) is 4.89. The molecule has 1 aromatic rings. The molecule has 0 bridgehead atoms. The molecule has 0 fully saturated rings. The van der Waals surface area contributed by atoms with Gasteiger partial charge in [0, 0.05) is 0 Å². The van der Waals surface area contributed by atoms with Gasteiger partial charge in [-0.05, 0) is 26.2 Å². The molecule has 0 heterocycles. The van der Waals surface area contributed by atoms with Gasteiger partial charge in [0.05, 0.1) is 0 Å². The van der Waals surface area contributed by atoms with Crippen LogP contribution in [0, 0.1) is 12.8 Å². The fourth-order valence-electron chi connectivity index (χ4n) is 1.37. The van der Waals surface area contributed by atoms with Crippen LogP contribution in [0.5, 0.6) is 0 Å². The zero-order valence-corrected chi connectivity index (χ0v) is 9.90. The van der Waals surface area contributed by atoms with Gasteiger partial charge in [-0.25, -0.2) is 0 Å². The Morgan fingerprint density at radius 3 is 2.07 bits per heavy atom. The predicted octanol–water partition coefficient (Wildman–Crippen LogP) is 4.52. The fourth-order valence-corrected chi connectivity index (χ4v) is 1.37. The summed E-state index contributed by atoms with van der Waals surface area (Å²) >= 11 is 0. The zero-order valence-electron chi connectivity index (χ0n) is 9.90. The molecule has 0 saturated carbocycles. The van der Waals surface area contributed by atoms with E-state index in [2.05, 4.69) is 51.1 Å². The third-order valence-corrected chi connectivity index (χ3v) is 2.44. The molecule has 0 spiro atoms. The standard InChI is InChI=1S/C8H12.C7H8/c1-7-3-5-8(2)6-4-7;1-7-5-3-2-4-6-7/h3-5,8H,6H2,1-2H3;2-6H,1H3. The van der Waals surface area contributed by atoms with Crippen LogP contribution < -0.4 is 0 Å². The van der Waals surface area contributed by atoms with Gasteiger partial charge in [-0.1, -0.05) is 66.6 Å². The molecule has 0 heteroatoms. The maximum atomic E-state index is 2.28. The van der Waals surface area contributed by atoms with Crippen molar-refractivity contribution in [1.29, 1.82) is 0 Å². The highest BCUT2D eigenvalue weighted by Gasteiger charge is 1.97. The summed E-state index contributed by atoms with van der Waals surface area (Å²) in [6, 6.07) is 10.3. The number of allylic oxidation sites excluding steroid dienone is 4. The van der Waals surface area contributed by atoms with Crippen LogP contribution in [-0.2, 0) is 0 Å². The van der Waals surface area contributed by atoms with Crippen LogP contribution in [0.4, 0.5) is 0 Å². The summed E-state index contributed by atoms with van der Waals surface area (Å²) in [4.78, 5) is 0. The smallest absolute Gasteiger partial charge is 0.0224 e. The van der Waals surface area contributed by atoms with Crippen molar-refractivity contribution in [3.8, 4) is 0 Å². The molecule has 15 heavy (non-hydrogen) atoms. The Labute approximate surface area is 93.3 Å². The predicted molar refractivity (Wildman–Crippen MR) is 67.9 cm³/mol. The van der Waals surface area contributed by atoms with E-state index in [1.807, 2.05) is 18.2 Å². The molecule has 0 nitrogen and oxygen atoms in total. The molecule has 0 saturated heterocycles. The van der Waals surface area contributed by atoms with Gasteiger partial charge >= 0.3 is 0 Å². The highest BCUT2D eigenvalue weighted by Crippen LogP contribution is 2.13. The van der Waals surface area contributed by atoms with Crippen molar-refractivity contribution in [2.45, 2.75) is 27.2 Å². The summed E-state index contributed by atoms with van der Waals surface area (Å²) in [6.45, 7) is 6.46. The molecular weight excluding hydrogens is 180 g/mol. The lowest BCUT2D eigenvalue weighted by molar-refractivity contribution is 0.731. The zero-order chi connectivity index (χ0) is 11.1. The first-order valence-electron chi connectivity index (χ1n) is 5.55. The minimum atomic E-state index is 0.763. The van der Waals surface area contributed by atoms with E-state index in [-0.39, 0.29) is 0 Å². The first-order chi connectivity index (χ1) is 7.18. The monoisotopic (exact) mass is 200 g/mol. The second kappa shape index (κ2) is 6.23. The van der Waals surface area contributed by atoms with Crippen LogP contribution in [0.15, 0.2) is 54.1 Å². The lowest BCUT2D eigenvalue weighted by Gasteiger charge is -2.06. The fraction of sp³-hybridized carbons (Fsp3) is 0.333. The molecule has 0 aromatic heterocycles. The Bertz CT molecular complexity index is 330. The number of benzene rings is 1. The van der Waals surface area contributed by atoms with Gasteiger partial charge in [0.25, 0.3) is 0 Å². The number of rotatable bonds is 0. The second-order valence-electron chi connectivity index (χ2n) is 4.17. The van der Waals surface area contributed by atoms with Gasteiger partial charge in [-0.2, -0.15) is 0 Å². The average Bonchev–Trinajstić information content (AvgIpc) is 2.25. The molecule has 0 amide bonds. The van der Waals surface area contributed by atoms with Crippen molar-refractivity contribution < 1.29 is 0 Å². The van der Waals surface area contributed by atoms with Crippen molar-refractivity contribution >= 4 is 0 Å². The maximum Gasteiger partial charge on any atom is -0.0224 e. The minimum absolute atomic E-state index is 0.763. The van der Waals surface area contributed by atoms with Gasteiger partial charge in [0.1, 0.15) is 0 Å². The molecule has 1 unspecified atom stereocenters. The van der Waals surface area contributed by atoms with Crippen LogP contribution in [0.1, 0.15) is 25.8 Å². The van der Waals surface area contributed by atoms with E-state index >= 15 is 0 Å². The van der Waals surface area contributed by atoms with Gasteiger partial charge in [0.2, 0.25) is 0 Å². The van der Waals surface area contributed by atoms with E-state index < -0.39 is 0 Å². The summed E-state index contributed by atoms with van der Waals surface area (Å²) in [7, 11) is 0. The van der Waals surface area contributed by atoms with Crippen molar-refractivity contribution in [2.24, 2.45) is 5.92 Å². The Hall–Kier alpha value is -1.30. The molecule has 1 atom stereocenters. The van der Waals surface area contributed by atoms with E-state index in [9.17, 15) is 0 Å². The molecular formula is C15H20. The summed E-state index contributed by atoms with van der Waals surface area (Å²) in [5.74, 6) is 0.763. The number of hydrogen-bond acceptors (Lipinski definition) is 0. The van der Waals surface area contributed by atoms with Gasteiger partial charge < -0.3 is 0 Å². The Morgan fingerprint density at radius 2 is 1.73 bits per heavy atom. The third kappa shape index (κ3) is 5.21. The van der Waals surface area contributed by atoms with Crippen LogP contribution in [0.3, 0.4) is 0 Å². The van der Waals surface area contributed by atoms with Gasteiger partial charge in [-0.3, -0.25) is 0 Å². The van der Waals surface area contributed by atoms with Crippen LogP contribution in [0.25, 0.3) is 0 Å². The van der Waals surface area contributed by atoms with Crippen LogP contribution in [0.2, 0.25) is 0 Å². The third-order valence-electron chi connectivity index (χ3n) is 2.44. The van der Waals surface area contributed by atoms with E-state index in [0.29, 0.717) is 0 Å². The van der Waals surface area contributed by atoms with Crippen molar-refractivity contribution in [2.75, 3.05) is 0 Å². The SMILES string of the molecule is CC1=CCC(C)C=C1.Cc1ccccc1. The van der Waals surface area contributed by atoms with Crippen molar-refractivity contribution in [1.82, 2.24) is 0 Å². The highest BCUT2D eigenvalue weighted by atomic mass is 14.0. The largest absolute Gasteiger partial charge is 0.0811 e. The summed E-state index contributed by atoms with van der Waals surface area (Å²) in [6.07, 6.45) is 7.95. The summed E-state index contributed by atoms with van der Waals surface area (Å²) in [5.41, 5.74) is 2.73. The summed E-state index contributed by atoms with van der Waals surface area (Å²) in [5, 5.41) is 0. The van der Waals surface area contributed by atoms with Gasteiger partial charge in [0.15, 0.2) is 0 Å². The van der Waals surface area contributed by atoms with Crippen LogP contribution >= 0.6 is 0 Å². The molecule has 0 aliphatic heterocycles. The van der Waals surface area contributed by atoms with E-state index in [0.717, 1.165) is 5.92 Å². The van der Waals surface area contributed by atoms with E-state index in [4.69, 9.17) is 0 Å². The molecule has 0 N–H and O–H groups in total. The normalized spacial score (nSPS) is 18.9. The topological polar surface area (TPSA) is 0 Å². The molecule has 1 aliphatic rings. The number of hydrogen-bond donors (Lipinski definition) is 0. The Morgan fingerprint density at radius 1 is 1.07 bits per heavy atom. The maximum absolute atomic E-state index is 2.28. The molecule has 80 valence electrons.